The van der Waals surface area contributed by atoms with E-state index in [-0.39, 0.29) is 34.5 Å². The molecule has 0 fully saturated rings. The van der Waals surface area contributed by atoms with Gasteiger partial charge < -0.3 is 35.0 Å². The molecule has 0 saturated heterocycles. The molecule has 182 valence electrons. The Morgan fingerprint density at radius 1 is 0.667 bits per heavy atom. The second kappa shape index (κ2) is 9.11. The Kier molecular flexibility index (Phi) is 5.82. The highest BCUT2D eigenvalue weighted by atomic mass is 16.5. The first kappa shape index (κ1) is 23.0. The zero-order chi connectivity index (χ0) is 25.4. The molecule has 1 aliphatic heterocycles. The molecule has 1 heterocycles. The van der Waals surface area contributed by atoms with Gasteiger partial charge in [-0.25, -0.2) is 0 Å². The van der Waals surface area contributed by atoms with Crippen LogP contribution < -0.4 is 9.47 Å². The number of hydrogen-bond donors (Lipinski definition) is 5. The SMILES string of the molecule is COc1cc([C@@H]2Oc3cc(/C=C/c4ccc(O)cc4)cc(O)c3[C@H]2c2cc(O)cc(O)c2)ccc1O. The van der Waals surface area contributed by atoms with Crippen LogP contribution in [0.1, 0.15) is 39.8 Å². The van der Waals surface area contributed by atoms with Gasteiger partial charge in [0.15, 0.2) is 11.5 Å². The normalized spacial score (nSPS) is 16.6. The summed E-state index contributed by atoms with van der Waals surface area (Å²) >= 11 is 0. The van der Waals surface area contributed by atoms with Crippen molar-refractivity contribution in [3.05, 3.63) is 101 Å². The van der Waals surface area contributed by atoms with E-state index in [0.29, 0.717) is 28.0 Å². The summed E-state index contributed by atoms with van der Waals surface area (Å²) in [5.41, 5.74) is 3.30. The predicted molar refractivity (Wildman–Crippen MR) is 135 cm³/mol. The van der Waals surface area contributed by atoms with Crippen LogP contribution >= 0.6 is 0 Å². The van der Waals surface area contributed by atoms with Gasteiger partial charge in [0.05, 0.1) is 13.0 Å². The molecular weight excluding hydrogens is 460 g/mol. The molecule has 0 spiro atoms. The molecule has 1 aliphatic rings. The molecule has 0 saturated carbocycles. The van der Waals surface area contributed by atoms with E-state index in [1.165, 1.54) is 31.4 Å². The molecular formula is C29H24O7. The topological polar surface area (TPSA) is 120 Å². The lowest BCUT2D eigenvalue weighted by atomic mass is 9.84. The number of methoxy groups -OCH3 is 1. The highest BCUT2D eigenvalue weighted by Crippen LogP contribution is 2.54. The van der Waals surface area contributed by atoms with Gasteiger partial charge in [-0.1, -0.05) is 30.4 Å². The van der Waals surface area contributed by atoms with Crippen LogP contribution in [0.3, 0.4) is 0 Å². The molecule has 0 unspecified atom stereocenters. The molecule has 0 aromatic heterocycles. The van der Waals surface area contributed by atoms with Crippen molar-refractivity contribution in [3.8, 4) is 40.2 Å². The third-order valence-electron chi connectivity index (χ3n) is 6.19. The molecule has 36 heavy (non-hydrogen) atoms. The molecule has 4 aromatic rings. The van der Waals surface area contributed by atoms with E-state index in [2.05, 4.69) is 0 Å². The molecule has 5 rings (SSSR count). The van der Waals surface area contributed by atoms with Crippen LogP contribution in [0.4, 0.5) is 0 Å². The summed E-state index contributed by atoms with van der Waals surface area (Å²) in [5, 5.41) is 50.9. The maximum absolute atomic E-state index is 11.1. The first-order valence-electron chi connectivity index (χ1n) is 11.2. The highest BCUT2D eigenvalue weighted by Gasteiger charge is 2.40. The summed E-state index contributed by atoms with van der Waals surface area (Å²) in [5.74, 6) is 0.0733. The molecule has 0 amide bonds. The van der Waals surface area contributed by atoms with Gasteiger partial charge in [0.1, 0.15) is 34.9 Å². The van der Waals surface area contributed by atoms with Crippen molar-refractivity contribution in [2.75, 3.05) is 7.11 Å². The monoisotopic (exact) mass is 484 g/mol. The Balaban J connectivity index is 1.60. The lowest BCUT2D eigenvalue weighted by Gasteiger charge is -2.21. The van der Waals surface area contributed by atoms with Crippen LogP contribution in [-0.4, -0.2) is 32.6 Å². The van der Waals surface area contributed by atoms with Gasteiger partial charge in [-0.3, -0.25) is 0 Å². The van der Waals surface area contributed by atoms with E-state index in [4.69, 9.17) is 9.47 Å². The number of aromatic hydroxyl groups is 5. The average molecular weight is 485 g/mol. The van der Waals surface area contributed by atoms with Gasteiger partial charge in [0, 0.05) is 11.6 Å². The van der Waals surface area contributed by atoms with E-state index in [1.807, 2.05) is 12.2 Å². The lowest BCUT2D eigenvalue weighted by molar-refractivity contribution is 0.221. The fourth-order valence-electron chi connectivity index (χ4n) is 4.54. The van der Waals surface area contributed by atoms with Crippen molar-refractivity contribution in [1.29, 1.82) is 0 Å². The Labute approximate surface area is 207 Å². The minimum Gasteiger partial charge on any atom is -0.508 e. The standard InChI is InChI=1S/C29H24O7/c1-35-25-14-18(6-9-23(25)33)29-27(19-12-21(31)15-22(32)13-19)28-24(34)10-17(11-26(28)36-29)3-2-16-4-7-20(30)8-5-16/h2-15,27,29-34H,1H3/b3-2+/t27-,29+/m1/s1. The maximum Gasteiger partial charge on any atom is 0.160 e. The zero-order valence-electron chi connectivity index (χ0n) is 19.3. The molecule has 7 heteroatoms. The quantitative estimate of drug-likeness (QED) is 0.232. The van der Waals surface area contributed by atoms with Crippen molar-refractivity contribution in [3.63, 3.8) is 0 Å². The second-order valence-electron chi connectivity index (χ2n) is 8.61. The molecule has 4 aromatic carbocycles. The summed E-state index contributed by atoms with van der Waals surface area (Å²) in [4.78, 5) is 0. The fourth-order valence-corrected chi connectivity index (χ4v) is 4.54. The van der Waals surface area contributed by atoms with Crippen molar-refractivity contribution >= 4 is 12.2 Å². The van der Waals surface area contributed by atoms with Crippen LogP contribution in [0.2, 0.25) is 0 Å². The van der Waals surface area contributed by atoms with Gasteiger partial charge in [0.2, 0.25) is 0 Å². The van der Waals surface area contributed by atoms with Crippen LogP contribution in [0.5, 0.6) is 40.2 Å². The van der Waals surface area contributed by atoms with Gasteiger partial charge >= 0.3 is 0 Å². The third-order valence-corrected chi connectivity index (χ3v) is 6.19. The fraction of sp³-hybridized carbons (Fsp3) is 0.103. The van der Waals surface area contributed by atoms with Gasteiger partial charge in [-0.2, -0.15) is 0 Å². The molecule has 0 radical (unpaired) electrons. The Morgan fingerprint density at radius 2 is 1.36 bits per heavy atom. The van der Waals surface area contributed by atoms with Crippen LogP contribution in [-0.2, 0) is 0 Å². The number of fused-ring (bicyclic) bond motifs is 1. The molecule has 0 bridgehead atoms. The van der Waals surface area contributed by atoms with E-state index >= 15 is 0 Å². The van der Waals surface area contributed by atoms with Gasteiger partial charge in [-0.05, 0) is 70.8 Å². The van der Waals surface area contributed by atoms with E-state index in [1.54, 1.807) is 48.5 Å². The molecule has 7 nitrogen and oxygen atoms in total. The average Bonchev–Trinajstić information content (AvgIpc) is 3.23. The molecule has 2 atom stereocenters. The van der Waals surface area contributed by atoms with Crippen LogP contribution in [0.25, 0.3) is 12.2 Å². The molecule has 0 aliphatic carbocycles. The largest absolute Gasteiger partial charge is 0.508 e. The number of ether oxygens (including phenoxy) is 2. The smallest absolute Gasteiger partial charge is 0.160 e. The van der Waals surface area contributed by atoms with E-state index in [0.717, 1.165) is 5.56 Å². The minimum absolute atomic E-state index is 0.000989. The van der Waals surface area contributed by atoms with Gasteiger partial charge in [0.25, 0.3) is 0 Å². The van der Waals surface area contributed by atoms with Crippen molar-refractivity contribution < 1.29 is 35.0 Å². The number of phenolic OH excluding ortho intramolecular Hbond substituents is 5. The summed E-state index contributed by atoms with van der Waals surface area (Å²) in [6.45, 7) is 0. The Bertz CT molecular complexity index is 1440. The van der Waals surface area contributed by atoms with E-state index < -0.39 is 12.0 Å². The predicted octanol–water partition coefficient (Wildman–Crippen LogP) is 5.66. The summed E-state index contributed by atoms with van der Waals surface area (Å²) < 4.78 is 11.6. The molecule has 5 N–H and O–H groups in total. The lowest BCUT2D eigenvalue weighted by Crippen LogP contribution is -2.11. The van der Waals surface area contributed by atoms with Crippen molar-refractivity contribution in [2.24, 2.45) is 0 Å². The second-order valence-corrected chi connectivity index (χ2v) is 8.61. The highest BCUT2D eigenvalue weighted by molar-refractivity contribution is 5.73. The first-order chi connectivity index (χ1) is 17.3. The van der Waals surface area contributed by atoms with Crippen LogP contribution in [0.15, 0.2) is 72.8 Å². The van der Waals surface area contributed by atoms with Crippen LogP contribution in [0, 0.1) is 0 Å². The van der Waals surface area contributed by atoms with Crippen molar-refractivity contribution in [2.45, 2.75) is 12.0 Å². The maximum atomic E-state index is 11.1. The Morgan fingerprint density at radius 3 is 2.06 bits per heavy atom. The summed E-state index contributed by atoms with van der Waals surface area (Å²) in [7, 11) is 1.45. The first-order valence-corrected chi connectivity index (χ1v) is 11.2. The number of rotatable bonds is 5. The van der Waals surface area contributed by atoms with Crippen molar-refractivity contribution in [1.82, 2.24) is 0 Å². The zero-order valence-corrected chi connectivity index (χ0v) is 19.3. The number of phenols is 5. The van der Waals surface area contributed by atoms with E-state index in [9.17, 15) is 25.5 Å². The van der Waals surface area contributed by atoms with Gasteiger partial charge in [-0.15, -0.1) is 0 Å². The number of hydrogen-bond acceptors (Lipinski definition) is 7. The summed E-state index contributed by atoms with van der Waals surface area (Å²) in [6, 6.07) is 19.3. The Hall–Kier alpha value is -4.78. The third kappa shape index (κ3) is 4.34. The number of benzene rings is 4. The summed E-state index contributed by atoms with van der Waals surface area (Å²) in [6.07, 6.45) is 3.03. The minimum atomic E-state index is -0.641.